The number of aromatic nitrogens is 3. The molecular formula is C17H15N3. The molecule has 3 nitrogen and oxygen atoms in total. The zero-order valence-corrected chi connectivity index (χ0v) is 11.5. The van der Waals surface area contributed by atoms with Gasteiger partial charge in [0, 0.05) is 23.0 Å². The zero-order valence-electron chi connectivity index (χ0n) is 11.5. The molecule has 3 aromatic rings. The molecule has 3 rings (SSSR count). The summed E-state index contributed by atoms with van der Waals surface area (Å²) < 4.78 is 0. The van der Waals surface area contributed by atoms with Crippen LogP contribution in [-0.4, -0.2) is 15.0 Å². The summed E-state index contributed by atoms with van der Waals surface area (Å²) in [5, 5.41) is 0. The van der Waals surface area contributed by atoms with E-state index in [0.717, 1.165) is 33.8 Å². The largest absolute Gasteiger partial charge is 0.256 e. The van der Waals surface area contributed by atoms with Crippen molar-refractivity contribution >= 4 is 0 Å². The van der Waals surface area contributed by atoms with Crippen LogP contribution in [0.3, 0.4) is 0 Å². The van der Waals surface area contributed by atoms with Crippen LogP contribution in [0.5, 0.6) is 0 Å². The Kier molecular flexibility index (Phi) is 3.25. The summed E-state index contributed by atoms with van der Waals surface area (Å²) >= 11 is 0. The third-order valence-corrected chi connectivity index (χ3v) is 3.17. The summed E-state index contributed by atoms with van der Waals surface area (Å²) in [6.45, 7) is 4.01. The van der Waals surface area contributed by atoms with Crippen molar-refractivity contribution in [1.82, 2.24) is 15.0 Å². The highest BCUT2D eigenvalue weighted by Gasteiger charge is 2.04. The Balaban J connectivity index is 2.03. The Morgan fingerprint density at radius 1 is 0.750 bits per heavy atom. The summed E-state index contributed by atoms with van der Waals surface area (Å²) in [6.07, 6.45) is 3.48. The molecule has 0 atom stereocenters. The molecule has 2 aromatic heterocycles. The first-order chi connectivity index (χ1) is 9.72. The minimum Gasteiger partial charge on any atom is -0.256 e. The molecule has 0 radical (unpaired) electrons. The number of pyridine rings is 1. The molecule has 0 spiro atoms. The minimum absolute atomic E-state index is 0.937. The van der Waals surface area contributed by atoms with Crippen molar-refractivity contribution in [3.05, 3.63) is 66.2 Å². The van der Waals surface area contributed by atoms with E-state index in [1.165, 1.54) is 0 Å². The first kappa shape index (κ1) is 12.5. The second-order valence-electron chi connectivity index (χ2n) is 4.85. The highest BCUT2D eigenvalue weighted by atomic mass is 14.8. The van der Waals surface area contributed by atoms with Crippen molar-refractivity contribution in [2.45, 2.75) is 13.8 Å². The van der Waals surface area contributed by atoms with Crippen molar-refractivity contribution in [1.29, 1.82) is 0 Å². The predicted molar refractivity (Wildman–Crippen MR) is 80.2 cm³/mol. The maximum Gasteiger partial charge on any atom is 0.116 e. The highest BCUT2D eigenvalue weighted by Crippen LogP contribution is 2.24. The smallest absolute Gasteiger partial charge is 0.116 e. The van der Waals surface area contributed by atoms with E-state index < -0.39 is 0 Å². The quantitative estimate of drug-likeness (QED) is 0.704. The number of hydrogen-bond acceptors (Lipinski definition) is 3. The lowest BCUT2D eigenvalue weighted by atomic mass is 10.0. The molecule has 1 aromatic carbocycles. The topological polar surface area (TPSA) is 38.7 Å². The fourth-order valence-corrected chi connectivity index (χ4v) is 2.09. The second-order valence-corrected chi connectivity index (χ2v) is 4.85. The number of rotatable bonds is 2. The molecule has 0 unspecified atom stereocenters. The molecular weight excluding hydrogens is 246 g/mol. The fraction of sp³-hybridized carbons (Fsp3) is 0.118. The molecule has 0 N–H and O–H groups in total. The summed E-state index contributed by atoms with van der Waals surface area (Å²) in [5.74, 6) is 0. The van der Waals surface area contributed by atoms with Gasteiger partial charge in [-0.05, 0) is 37.6 Å². The average Bonchev–Trinajstić information content (AvgIpc) is 2.48. The van der Waals surface area contributed by atoms with Gasteiger partial charge in [-0.25, -0.2) is 9.97 Å². The number of nitrogens with zero attached hydrogens (tertiary/aromatic N) is 3. The SMILES string of the molecule is Cc1ccc(-c2cccc(-c3cc(C)ncn3)c2)nc1. The van der Waals surface area contributed by atoms with E-state index in [-0.39, 0.29) is 0 Å². The Bertz CT molecular complexity index is 733. The molecule has 98 valence electrons. The van der Waals surface area contributed by atoms with Crippen molar-refractivity contribution in [3.63, 3.8) is 0 Å². The van der Waals surface area contributed by atoms with Crippen LogP contribution >= 0.6 is 0 Å². The number of aryl methyl sites for hydroxylation is 2. The monoisotopic (exact) mass is 261 g/mol. The van der Waals surface area contributed by atoms with Gasteiger partial charge < -0.3 is 0 Å². The Hall–Kier alpha value is -2.55. The summed E-state index contributed by atoms with van der Waals surface area (Å²) in [7, 11) is 0. The van der Waals surface area contributed by atoms with E-state index in [1.54, 1.807) is 6.33 Å². The van der Waals surface area contributed by atoms with Crippen LogP contribution in [0.15, 0.2) is 55.0 Å². The molecule has 0 aliphatic rings. The van der Waals surface area contributed by atoms with E-state index in [9.17, 15) is 0 Å². The van der Waals surface area contributed by atoms with Gasteiger partial charge in [-0.2, -0.15) is 0 Å². The molecule has 0 saturated carbocycles. The summed E-state index contributed by atoms with van der Waals surface area (Å²) in [6, 6.07) is 14.4. The van der Waals surface area contributed by atoms with Crippen LogP contribution in [0.25, 0.3) is 22.5 Å². The van der Waals surface area contributed by atoms with Gasteiger partial charge in [0.25, 0.3) is 0 Å². The first-order valence-electron chi connectivity index (χ1n) is 6.54. The van der Waals surface area contributed by atoms with Crippen LogP contribution < -0.4 is 0 Å². The van der Waals surface area contributed by atoms with Crippen LogP contribution in [0, 0.1) is 13.8 Å². The lowest BCUT2D eigenvalue weighted by molar-refractivity contribution is 1.11. The van der Waals surface area contributed by atoms with Crippen molar-refractivity contribution < 1.29 is 0 Å². The molecule has 2 heterocycles. The standard InChI is InChI=1S/C17H15N3/c1-12-6-7-16(18-10-12)14-4-3-5-15(9-14)17-8-13(2)19-11-20-17/h3-11H,1-2H3. The van der Waals surface area contributed by atoms with E-state index in [4.69, 9.17) is 0 Å². The third kappa shape index (κ3) is 2.57. The van der Waals surface area contributed by atoms with Gasteiger partial charge >= 0.3 is 0 Å². The molecule has 0 bridgehead atoms. The number of benzene rings is 1. The maximum absolute atomic E-state index is 4.47. The Morgan fingerprint density at radius 2 is 1.55 bits per heavy atom. The Morgan fingerprint density at radius 3 is 2.25 bits per heavy atom. The van der Waals surface area contributed by atoms with Crippen molar-refractivity contribution in [2.24, 2.45) is 0 Å². The molecule has 3 heteroatoms. The molecule has 0 fully saturated rings. The van der Waals surface area contributed by atoms with E-state index in [0.29, 0.717) is 0 Å². The molecule has 0 saturated heterocycles. The predicted octanol–water partition coefficient (Wildman–Crippen LogP) is 3.82. The summed E-state index contributed by atoms with van der Waals surface area (Å²) in [5.41, 5.74) is 6.22. The average molecular weight is 261 g/mol. The van der Waals surface area contributed by atoms with Crippen LogP contribution in [0.2, 0.25) is 0 Å². The van der Waals surface area contributed by atoms with Gasteiger partial charge in [0.05, 0.1) is 11.4 Å². The van der Waals surface area contributed by atoms with E-state index in [1.807, 2.05) is 38.2 Å². The van der Waals surface area contributed by atoms with Gasteiger partial charge in [0.2, 0.25) is 0 Å². The van der Waals surface area contributed by atoms with Gasteiger partial charge in [0.15, 0.2) is 0 Å². The minimum atomic E-state index is 0.937. The van der Waals surface area contributed by atoms with Crippen molar-refractivity contribution in [3.8, 4) is 22.5 Å². The van der Waals surface area contributed by atoms with Crippen LogP contribution in [0.4, 0.5) is 0 Å². The highest BCUT2D eigenvalue weighted by molar-refractivity contribution is 5.69. The van der Waals surface area contributed by atoms with Crippen molar-refractivity contribution in [2.75, 3.05) is 0 Å². The second kappa shape index (κ2) is 5.21. The van der Waals surface area contributed by atoms with Crippen LogP contribution in [-0.2, 0) is 0 Å². The first-order valence-corrected chi connectivity index (χ1v) is 6.54. The van der Waals surface area contributed by atoms with E-state index >= 15 is 0 Å². The summed E-state index contributed by atoms with van der Waals surface area (Å²) in [4.78, 5) is 12.9. The Labute approximate surface area is 118 Å². The lowest BCUT2D eigenvalue weighted by Gasteiger charge is -2.05. The van der Waals surface area contributed by atoms with Gasteiger partial charge in [0.1, 0.15) is 6.33 Å². The third-order valence-electron chi connectivity index (χ3n) is 3.17. The molecule has 0 aliphatic carbocycles. The maximum atomic E-state index is 4.47. The number of hydrogen-bond donors (Lipinski definition) is 0. The van der Waals surface area contributed by atoms with Gasteiger partial charge in [-0.3, -0.25) is 4.98 Å². The molecule has 20 heavy (non-hydrogen) atoms. The molecule has 0 aliphatic heterocycles. The van der Waals surface area contributed by atoms with Gasteiger partial charge in [-0.1, -0.05) is 24.3 Å². The van der Waals surface area contributed by atoms with Gasteiger partial charge in [-0.15, -0.1) is 0 Å². The van der Waals surface area contributed by atoms with E-state index in [2.05, 4.69) is 39.2 Å². The zero-order chi connectivity index (χ0) is 13.9. The lowest BCUT2D eigenvalue weighted by Crippen LogP contribution is -1.89. The normalized spacial score (nSPS) is 10.5. The van der Waals surface area contributed by atoms with Crippen LogP contribution in [0.1, 0.15) is 11.3 Å². The fourth-order valence-electron chi connectivity index (χ4n) is 2.09. The molecule has 0 amide bonds.